The number of hydrogen-bond acceptors (Lipinski definition) is 5. The van der Waals surface area contributed by atoms with Crippen molar-refractivity contribution in [2.24, 2.45) is 0 Å². The number of methoxy groups -OCH3 is 1. The molecule has 0 radical (unpaired) electrons. The Bertz CT molecular complexity index is 752. The third-order valence-electron chi connectivity index (χ3n) is 3.81. The van der Waals surface area contributed by atoms with Gasteiger partial charge < -0.3 is 14.7 Å². The zero-order valence-electron chi connectivity index (χ0n) is 13.2. The molecule has 0 amide bonds. The van der Waals surface area contributed by atoms with Crippen molar-refractivity contribution >= 4 is 22.7 Å². The molecule has 2 heterocycles. The number of rotatable bonds is 5. The highest BCUT2D eigenvalue weighted by Crippen LogP contribution is 2.34. The molecule has 120 valence electrons. The molecular formula is C17H19N3O2S. The van der Waals surface area contributed by atoms with Crippen molar-refractivity contribution in [2.75, 3.05) is 26.8 Å². The minimum Gasteiger partial charge on any atom is -0.510 e. The molecule has 0 fully saturated rings. The number of nitrogens with one attached hydrogen (secondary N) is 1. The van der Waals surface area contributed by atoms with Crippen LogP contribution >= 0.6 is 11.3 Å². The summed E-state index contributed by atoms with van der Waals surface area (Å²) in [6.07, 6.45) is 0. The maximum Gasteiger partial charge on any atom is 0.135 e. The Morgan fingerprint density at radius 2 is 2.09 bits per heavy atom. The van der Waals surface area contributed by atoms with Gasteiger partial charge in [-0.15, -0.1) is 11.3 Å². The molecule has 1 aromatic carbocycles. The first kappa shape index (κ1) is 15.7. The molecule has 0 spiro atoms. The number of aryl methyl sites for hydroxylation is 1. The third-order valence-corrected chi connectivity index (χ3v) is 4.79. The first-order valence-electron chi connectivity index (χ1n) is 7.40. The monoisotopic (exact) mass is 329 g/mol. The fourth-order valence-corrected chi connectivity index (χ4v) is 3.62. The van der Waals surface area contributed by atoms with Gasteiger partial charge in [0, 0.05) is 24.1 Å². The van der Waals surface area contributed by atoms with Gasteiger partial charge in [-0.05, 0) is 6.92 Å². The van der Waals surface area contributed by atoms with E-state index in [2.05, 4.69) is 4.98 Å². The molecule has 6 heteroatoms. The molecule has 0 bridgehead atoms. The lowest BCUT2D eigenvalue weighted by Gasteiger charge is -2.17. The number of nitrogens with zero attached hydrogens (tertiary/aromatic N) is 2. The molecule has 0 saturated carbocycles. The lowest BCUT2D eigenvalue weighted by atomic mass is 10.1. The maximum atomic E-state index is 10.3. The first-order valence-corrected chi connectivity index (χ1v) is 8.21. The molecule has 0 unspecified atom stereocenters. The van der Waals surface area contributed by atoms with Gasteiger partial charge in [-0.25, -0.2) is 4.98 Å². The Morgan fingerprint density at radius 1 is 1.35 bits per heavy atom. The number of hydrogen-bond donors (Lipinski definition) is 2. The summed E-state index contributed by atoms with van der Waals surface area (Å²) in [6, 6.07) is 9.97. The van der Waals surface area contributed by atoms with Crippen LogP contribution < -0.4 is 0 Å². The highest BCUT2D eigenvalue weighted by molar-refractivity contribution is 7.13. The van der Waals surface area contributed by atoms with Crippen LogP contribution in [0.2, 0.25) is 0 Å². The van der Waals surface area contributed by atoms with E-state index >= 15 is 0 Å². The Hall–Kier alpha value is -2.18. The van der Waals surface area contributed by atoms with Gasteiger partial charge in [0.1, 0.15) is 16.6 Å². The van der Waals surface area contributed by atoms with Gasteiger partial charge in [0.15, 0.2) is 0 Å². The standard InChI is InChI=1S/C17H19N3O2S/c1-11-15(12-6-4-3-5-7-12)19-17(23-11)14-13(21)10-20(16(14)18)8-9-22-2/h3-7,18,21H,8-10H2,1-2H3. The van der Waals surface area contributed by atoms with Crippen LogP contribution in [0.3, 0.4) is 0 Å². The van der Waals surface area contributed by atoms with Crippen LogP contribution in [0.5, 0.6) is 0 Å². The highest BCUT2D eigenvalue weighted by atomic mass is 32.1. The number of aliphatic hydroxyl groups is 1. The molecule has 2 N–H and O–H groups in total. The third kappa shape index (κ3) is 3.00. The van der Waals surface area contributed by atoms with E-state index in [-0.39, 0.29) is 5.76 Å². The van der Waals surface area contributed by atoms with E-state index in [1.165, 1.54) is 11.3 Å². The summed E-state index contributed by atoms with van der Waals surface area (Å²) in [7, 11) is 1.63. The van der Waals surface area contributed by atoms with Crippen LogP contribution in [-0.2, 0) is 4.74 Å². The molecular weight excluding hydrogens is 310 g/mol. The van der Waals surface area contributed by atoms with Gasteiger partial charge in [0.25, 0.3) is 0 Å². The van der Waals surface area contributed by atoms with Gasteiger partial charge in [-0.1, -0.05) is 30.3 Å². The number of benzene rings is 1. The summed E-state index contributed by atoms with van der Waals surface area (Å²) in [4.78, 5) is 7.56. The van der Waals surface area contributed by atoms with Gasteiger partial charge in [0.2, 0.25) is 0 Å². The summed E-state index contributed by atoms with van der Waals surface area (Å²) < 4.78 is 5.06. The summed E-state index contributed by atoms with van der Waals surface area (Å²) in [5.41, 5.74) is 2.50. The van der Waals surface area contributed by atoms with Crippen molar-refractivity contribution < 1.29 is 9.84 Å². The van der Waals surface area contributed by atoms with Crippen LogP contribution in [0.1, 0.15) is 9.88 Å². The molecule has 0 atom stereocenters. The Labute approximate surface area is 139 Å². The van der Waals surface area contributed by atoms with E-state index in [1.807, 2.05) is 37.3 Å². The fourth-order valence-electron chi connectivity index (χ4n) is 2.62. The molecule has 1 aromatic heterocycles. The summed E-state index contributed by atoms with van der Waals surface area (Å²) >= 11 is 1.51. The average Bonchev–Trinajstić information content (AvgIpc) is 3.06. The molecule has 1 aliphatic heterocycles. The average molecular weight is 329 g/mol. The number of ether oxygens (including phenoxy) is 1. The largest absolute Gasteiger partial charge is 0.510 e. The minimum atomic E-state index is 0.208. The summed E-state index contributed by atoms with van der Waals surface area (Å²) in [5, 5.41) is 19.3. The number of aliphatic hydroxyl groups excluding tert-OH is 1. The normalized spacial score (nSPS) is 14.9. The Balaban J connectivity index is 1.91. The van der Waals surface area contributed by atoms with Crippen LogP contribution in [0.15, 0.2) is 36.1 Å². The van der Waals surface area contributed by atoms with Crippen LogP contribution in [0, 0.1) is 12.3 Å². The van der Waals surface area contributed by atoms with Crippen molar-refractivity contribution in [3.63, 3.8) is 0 Å². The van der Waals surface area contributed by atoms with Gasteiger partial charge in [-0.3, -0.25) is 5.41 Å². The molecule has 23 heavy (non-hydrogen) atoms. The van der Waals surface area contributed by atoms with Crippen LogP contribution in [-0.4, -0.2) is 47.6 Å². The predicted octanol–water partition coefficient (Wildman–Crippen LogP) is 3.33. The van der Waals surface area contributed by atoms with Crippen molar-refractivity contribution in [1.82, 2.24) is 9.88 Å². The van der Waals surface area contributed by atoms with Gasteiger partial charge >= 0.3 is 0 Å². The SMILES string of the molecule is COCCN1CC(O)=C(c2nc(-c3ccccc3)c(C)s2)C1=N. The molecule has 5 nitrogen and oxygen atoms in total. The van der Waals surface area contributed by atoms with E-state index in [0.29, 0.717) is 36.1 Å². The number of amidine groups is 1. The Morgan fingerprint density at radius 3 is 2.78 bits per heavy atom. The van der Waals surface area contributed by atoms with Crippen molar-refractivity contribution in [3.05, 3.63) is 46.0 Å². The fraction of sp³-hybridized carbons (Fsp3) is 0.294. The van der Waals surface area contributed by atoms with Crippen LogP contribution in [0.25, 0.3) is 16.8 Å². The smallest absolute Gasteiger partial charge is 0.135 e. The second kappa shape index (κ2) is 6.52. The lowest BCUT2D eigenvalue weighted by molar-refractivity contribution is 0.177. The number of aromatic nitrogens is 1. The zero-order valence-corrected chi connectivity index (χ0v) is 14.0. The van der Waals surface area contributed by atoms with E-state index < -0.39 is 0 Å². The van der Waals surface area contributed by atoms with E-state index in [1.54, 1.807) is 12.0 Å². The quantitative estimate of drug-likeness (QED) is 0.883. The maximum absolute atomic E-state index is 10.3. The number of thiazole rings is 1. The molecule has 2 aromatic rings. The summed E-state index contributed by atoms with van der Waals surface area (Å²) in [6.45, 7) is 3.47. The van der Waals surface area contributed by atoms with E-state index in [9.17, 15) is 5.11 Å². The van der Waals surface area contributed by atoms with E-state index in [0.717, 1.165) is 16.1 Å². The topological polar surface area (TPSA) is 69.4 Å². The highest BCUT2D eigenvalue weighted by Gasteiger charge is 2.30. The Kier molecular flexibility index (Phi) is 4.45. The van der Waals surface area contributed by atoms with Crippen molar-refractivity contribution in [2.45, 2.75) is 6.92 Å². The predicted molar refractivity (Wildman–Crippen MR) is 93.0 cm³/mol. The van der Waals surface area contributed by atoms with Crippen molar-refractivity contribution in [1.29, 1.82) is 5.41 Å². The lowest BCUT2D eigenvalue weighted by Crippen LogP contribution is -2.29. The van der Waals surface area contributed by atoms with Gasteiger partial charge in [-0.2, -0.15) is 0 Å². The molecule has 1 aliphatic rings. The van der Waals surface area contributed by atoms with Gasteiger partial charge in [0.05, 0.1) is 24.4 Å². The van der Waals surface area contributed by atoms with Crippen molar-refractivity contribution in [3.8, 4) is 11.3 Å². The zero-order chi connectivity index (χ0) is 16.4. The molecule has 0 saturated heterocycles. The molecule has 3 rings (SSSR count). The van der Waals surface area contributed by atoms with Crippen LogP contribution in [0.4, 0.5) is 0 Å². The summed E-state index contributed by atoms with van der Waals surface area (Å²) in [5.74, 6) is 0.521. The van der Waals surface area contributed by atoms with E-state index in [4.69, 9.17) is 10.1 Å². The molecule has 0 aliphatic carbocycles. The second-order valence-corrected chi connectivity index (χ2v) is 6.58. The second-order valence-electron chi connectivity index (χ2n) is 5.37. The first-order chi connectivity index (χ1) is 11.1. The minimum absolute atomic E-state index is 0.208.